The molecule has 23 heavy (non-hydrogen) atoms. The quantitative estimate of drug-likeness (QED) is 0.542. The van der Waals surface area contributed by atoms with E-state index in [1.54, 1.807) is 26.0 Å². The molecule has 0 heterocycles. The van der Waals surface area contributed by atoms with Gasteiger partial charge in [-0.05, 0) is 32.4 Å². The Hall–Kier alpha value is -2.37. The lowest BCUT2D eigenvalue weighted by molar-refractivity contribution is -0.161. The lowest BCUT2D eigenvalue weighted by Crippen LogP contribution is -2.35. The summed E-state index contributed by atoms with van der Waals surface area (Å²) in [4.78, 5) is 37.3. The monoisotopic (exact) mass is 321 g/mol. The summed E-state index contributed by atoms with van der Waals surface area (Å²) < 4.78 is 9.85. The number of benzene rings is 1. The number of hydrogen-bond donors (Lipinski definition) is 0. The summed E-state index contributed by atoms with van der Waals surface area (Å²) >= 11 is 0. The molecule has 0 aromatic heterocycles. The molecule has 6 heteroatoms. The van der Waals surface area contributed by atoms with Crippen LogP contribution in [0.4, 0.5) is 5.69 Å². The Bertz CT molecular complexity index is 511. The van der Waals surface area contributed by atoms with Crippen molar-refractivity contribution in [2.24, 2.45) is 5.92 Å². The average molecular weight is 321 g/mol. The van der Waals surface area contributed by atoms with Crippen LogP contribution in [0.5, 0.6) is 0 Å². The number of amides is 1. The Morgan fingerprint density at radius 2 is 1.52 bits per heavy atom. The minimum Gasteiger partial charge on any atom is -0.465 e. The highest BCUT2D eigenvalue weighted by atomic mass is 16.6. The molecule has 0 saturated heterocycles. The molecule has 0 radical (unpaired) electrons. The van der Waals surface area contributed by atoms with Gasteiger partial charge < -0.3 is 14.4 Å². The molecule has 126 valence electrons. The predicted octanol–water partition coefficient (Wildman–Crippen LogP) is 2.17. The van der Waals surface area contributed by atoms with Crippen molar-refractivity contribution in [3.05, 3.63) is 30.3 Å². The molecular weight excluding hydrogens is 298 g/mol. The summed E-state index contributed by atoms with van der Waals surface area (Å²) in [5.41, 5.74) is 0.714. The van der Waals surface area contributed by atoms with Crippen LogP contribution in [-0.4, -0.2) is 37.6 Å². The minimum absolute atomic E-state index is 0.145. The van der Waals surface area contributed by atoms with Crippen LogP contribution in [0.2, 0.25) is 0 Å². The predicted molar refractivity (Wildman–Crippen MR) is 85.8 cm³/mol. The molecule has 0 unspecified atom stereocenters. The van der Waals surface area contributed by atoms with Crippen LogP contribution in [-0.2, 0) is 23.9 Å². The van der Waals surface area contributed by atoms with E-state index < -0.39 is 17.9 Å². The zero-order chi connectivity index (χ0) is 17.2. The minimum atomic E-state index is -1.03. The number of anilines is 1. The number of carbonyl (C=O) groups is 3. The molecule has 0 bridgehead atoms. The van der Waals surface area contributed by atoms with E-state index in [0.717, 1.165) is 0 Å². The van der Waals surface area contributed by atoms with E-state index in [4.69, 9.17) is 9.47 Å². The summed E-state index contributed by atoms with van der Waals surface area (Å²) in [6, 6.07) is 9.08. The molecule has 0 spiro atoms. The molecule has 1 amide bonds. The van der Waals surface area contributed by atoms with Crippen molar-refractivity contribution in [1.29, 1.82) is 0 Å². The molecule has 6 nitrogen and oxygen atoms in total. The van der Waals surface area contributed by atoms with Gasteiger partial charge in [0.05, 0.1) is 13.2 Å². The summed E-state index contributed by atoms with van der Waals surface area (Å²) in [7, 11) is 0. The van der Waals surface area contributed by atoms with Crippen LogP contribution in [0.25, 0.3) is 0 Å². The number of hydrogen-bond acceptors (Lipinski definition) is 5. The van der Waals surface area contributed by atoms with Crippen molar-refractivity contribution in [3.8, 4) is 0 Å². The second-order valence-electron chi connectivity index (χ2n) is 4.85. The van der Waals surface area contributed by atoms with E-state index in [9.17, 15) is 14.4 Å². The second kappa shape index (κ2) is 9.61. The van der Waals surface area contributed by atoms with Crippen LogP contribution in [0.3, 0.4) is 0 Å². The third-order valence-electron chi connectivity index (χ3n) is 3.23. The van der Waals surface area contributed by atoms with Crippen LogP contribution in [0.15, 0.2) is 30.3 Å². The Labute approximate surface area is 136 Å². The van der Waals surface area contributed by atoms with E-state index >= 15 is 0 Å². The van der Waals surface area contributed by atoms with Gasteiger partial charge in [0.2, 0.25) is 5.91 Å². The maximum atomic E-state index is 12.0. The molecule has 0 atom stereocenters. The van der Waals surface area contributed by atoms with Gasteiger partial charge in [0.25, 0.3) is 0 Å². The second-order valence-corrected chi connectivity index (χ2v) is 4.85. The van der Waals surface area contributed by atoms with Crippen molar-refractivity contribution < 1.29 is 23.9 Å². The SMILES string of the molecule is CCOC(=O)C(CCN(C(C)=O)c1ccccc1)C(=O)OCC. The zero-order valence-corrected chi connectivity index (χ0v) is 13.8. The van der Waals surface area contributed by atoms with Gasteiger partial charge in [0.15, 0.2) is 5.92 Å². The average Bonchev–Trinajstić information content (AvgIpc) is 2.52. The van der Waals surface area contributed by atoms with Crippen LogP contribution in [0, 0.1) is 5.92 Å². The molecular formula is C17H23NO5. The first-order valence-electron chi connectivity index (χ1n) is 7.67. The van der Waals surface area contributed by atoms with Crippen LogP contribution >= 0.6 is 0 Å². The van der Waals surface area contributed by atoms with Gasteiger partial charge in [-0.2, -0.15) is 0 Å². The van der Waals surface area contributed by atoms with Gasteiger partial charge in [0, 0.05) is 19.2 Å². The summed E-state index contributed by atoms with van der Waals surface area (Å²) in [5.74, 6) is -2.44. The maximum Gasteiger partial charge on any atom is 0.320 e. The highest BCUT2D eigenvalue weighted by Gasteiger charge is 2.30. The van der Waals surface area contributed by atoms with Crippen molar-refractivity contribution >= 4 is 23.5 Å². The molecule has 1 aromatic rings. The third kappa shape index (κ3) is 5.73. The first kappa shape index (κ1) is 18.7. The lowest BCUT2D eigenvalue weighted by Gasteiger charge is -2.23. The third-order valence-corrected chi connectivity index (χ3v) is 3.23. The first-order chi connectivity index (χ1) is 11.0. The van der Waals surface area contributed by atoms with Crippen LogP contribution < -0.4 is 4.90 Å². The fourth-order valence-electron chi connectivity index (χ4n) is 2.15. The van der Waals surface area contributed by atoms with Crippen LogP contribution in [0.1, 0.15) is 27.2 Å². The number of esters is 2. The Morgan fingerprint density at radius 1 is 1.00 bits per heavy atom. The van der Waals surface area contributed by atoms with E-state index in [2.05, 4.69) is 0 Å². The Morgan fingerprint density at radius 3 is 1.96 bits per heavy atom. The van der Waals surface area contributed by atoms with E-state index in [-0.39, 0.29) is 32.1 Å². The largest absolute Gasteiger partial charge is 0.465 e. The fourth-order valence-corrected chi connectivity index (χ4v) is 2.15. The van der Waals surface area contributed by atoms with Gasteiger partial charge >= 0.3 is 11.9 Å². The van der Waals surface area contributed by atoms with Gasteiger partial charge in [-0.15, -0.1) is 0 Å². The molecule has 0 aliphatic carbocycles. The van der Waals surface area contributed by atoms with Gasteiger partial charge in [-0.1, -0.05) is 18.2 Å². The number of ether oxygens (including phenoxy) is 2. The summed E-state index contributed by atoms with van der Waals surface area (Å²) in [5, 5.41) is 0. The Balaban J connectivity index is 2.83. The normalized spacial score (nSPS) is 10.3. The number of nitrogens with zero attached hydrogens (tertiary/aromatic N) is 1. The van der Waals surface area contributed by atoms with Gasteiger partial charge in [0.1, 0.15) is 0 Å². The molecule has 0 saturated carbocycles. The maximum absolute atomic E-state index is 12.0. The molecule has 1 rings (SSSR count). The topological polar surface area (TPSA) is 72.9 Å². The van der Waals surface area contributed by atoms with E-state index in [0.29, 0.717) is 5.69 Å². The summed E-state index contributed by atoms with van der Waals surface area (Å²) in [6.07, 6.45) is 0.145. The molecule has 0 N–H and O–H groups in total. The van der Waals surface area contributed by atoms with Crippen molar-refractivity contribution in [1.82, 2.24) is 0 Å². The van der Waals surface area contributed by atoms with Gasteiger partial charge in [-0.3, -0.25) is 14.4 Å². The van der Waals surface area contributed by atoms with E-state index in [1.165, 1.54) is 11.8 Å². The van der Waals surface area contributed by atoms with Crippen molar-refractivity contribution in [3.63, 3.8) is 0 Å². The van der Waals surface area contributed by atoms with E-state index in [1.807, 2.05) is 18.2 Å². The number of para-hydroxylation sites is 1. The lowest BCUT2D eigenvalue weighted by atomic mass is 10.1. The molecule has 0 fully saturated rings. The fraction of sp³-hybridized carbons (Fsp3) is 0.471. The number of rotatable bonds is 8. The number of carbonyl (C=O) groups excluding carboxylic acids is 3. The highest BCUT2D eigenvalue weighted by molar-refractivity contribution is 5.95. The van der Waals surface area contributed by atoms with Crippen molar-refractivity contribution in [2.75, 3.05) is 24.7 Å². The smallest absolute Gasteiger partial charge is 0.320 e. The van der Waals surface area contributed by atoms with Gasteiger partial charge in [-0.25, -0.2) is 0 Å². The zero-order valence-electron chi connectivity index (χ0n) is 13.8. The first-order valence-corrected chi connectivity index (χ1v) is 7.67. The van der Waals surface area contributed by atoms with Crippen molar-refractivity contribution in [2.45, 2.75) is 27.2 Å². The molecule has 0 aliphatic heterocycles. The Kier molecular flexibility index (Phi) is 7.80. The molecule has 0 aliphatic rings. The summed E-state index contributed by atoms with van der Waals surface area (Å²) in [6.45, 7) is 5.38. The molecule has 1 aromatic carbocycles. The standard InChI is InChI=1S/C17H23NO5/c1-4-22-16(20)15(17(21)23-5-2)11-12-18(13(3)19)14-9-7-6-8-10-14/h6-10,15H,4-5,11-12H2,1-3H3. The highest BCUT2D eigenvalue weighted by Crippen LogP contribution is 2.17.